The highest BCUT2D eigenvalue weighted by Crippen LogP contribution is 2.26. The van der Waals surface area contributed by atoms with Crippen molar-refractivity contribution in [1.29, 1.82) is 0 Å². The zero-order valence-corrected chi connectivity index (χ0v) is 14.6. The van der Waals surface area contributed by atoms with E-state index in [2.05, 4.69) is 20.9 Å². The van der Waals surface area contributed by atoms with Gasteiger partial charge in [0.15, 0.2) is 0 Å². The number of amides is 1. The van der Waals surface area contributed by atoms with Crippen LogP contribution >= 0.6 is 11.3 Å². The normalized spacial score (nSPS) is 20.7. The van der Waals surface area contributed by atoms with Gasteiger partial charge in [-0.25, -0.2) is 19.3 Å². The first-order chi connectivity index (χ1) is 11.4. The van der Waals surface area contributed by atoms with Gasteiger partial charge >= 0.3 is 0 Å². The van der Waals surface area contributed by atoms with Crippen LogP contribution in [-0.4, -0.2) is 26.6 Å². The molecular formula is C15H18N4O3S2. The van der Waals surface area contributed by atoms with Crippen molar-refractivity contribution in [1.82, 2.24) is 10.9 Å². The SMILES string of the molecule is CS(=O)(=O)Nc1cccc(NC(=O)C2CC(c3cccs3)NN2)c1. The second-order valence-electron chi connectivity index (χ2n) is 5.59. The quantitative estimate of drug-likeness (QED) is 0.645. The van der Waals surface area contributed by atoms with Crippen LogP contribution in [0.4, 0.5) is 11.4 Å². The van der Waals surface area contributed by atoms with E-state index in [1.165, 1.54) is 4.88 Å². The lowest BCUT2D eigenvalue weighted by molar-refractivity contribution is -0.117. The van der Waals surface area contributed by atoms with Crippen LogP contribution in [0.15, 0.2) is 41.8 Å². The number of thiophene rings is 1. The van der Waals surface area contributed by atoms with Gasteiger partial charge in [-0.3, -0.25) is 9.52 Å². The summed E-state index contributed by atoms with van der Waals surface area (Å²) in [6.45, 7) is 0. The molecule has 0 bridgehead atoms. The van der Waals surface area contributed by atoms with Gasteiger partial charge in [-0.05, 0) is 36.1 Å². The number of rotatable bonds is 5. The van der Waals surface area contributed by atoms with Crippen molar-refractivity contribution in [3.05, 3.63) is 46.7 Å². The van der Waals surface area contributed by atoms with Gasteiger partial charge in [-0.15, -0.1) is 11.3 Å². The maximum absolute atomic E-state index is 12.4. The highest BCUT2D eigenvalue weighted by atomic mass is 32.2. The molecule has 2 atom stereocenters. The Bertz CT molecular complexity index is 821. The molecule has 7 nitrogen and oxygen atoms in total. The molecule has 0 saturated carbocycles. The third-order valence-electron chi connectivity index (χ3n) is 3.54. The topological polar surface area (TPSA) is 99.3 Å². The van der Waals surface area contributed by atoms with Crippen molar-refractivity contribution in [2.45, 2.75) is 18.5 Å². The average Bonchev–Trinajstić information content (AvgIpc) is 3.17. The predicted molar refractivity (Wildman–Crippen MR) is 95.3 cm³/mol. The van der Waals surface area contributed by atoms with Crippen LogP contribution < -0.4 is 20.9 Å². The first-order valence-electron chi connectivity index (χ1n) is 7.34. The fraction of sp³-hybridized carbons (Fsp3) is 0.267. The smallest absolute Gasteiger partial charge is 0.242 e. The standard InChI is InChI=1S/C15H18N4O3S2/c1-24(21,22)19-11-5-2-4-10(8-11)16-15(20)13-9-12(17-18-13)14-6-3-7-23-14/h2-8,12-13,17-19H,9H2,1H3,(H,16,20). The van der Waals surface area contributed by atoms with Gasteiger partial charge in [0.1, 0.15) is 6.04 Å². The lowest BCUT2D eigenvalue weighted by atomic mass is 10.1. The van der Waals surface area contributed by atoms with Crippen LogP contribution in [0.5, 0.6) is 0 Å². The molecular weight excluding hydrogens is 348 g/mol. The third-order valence-corrected chi connectivity index (χ3v) is 5.13. The van der Waals surface area contributed by atoms with Gasteiger partial charge < -0.3 is 5.32 Å². The molecule has 24 heavy (non-hydrogen) atoms. The molecule has 9 heteroatoms. The molecule has 0 radical (unpaired) electrons. The van der Waals surface area contributed by atoms with Crippen molar-refractivity contribution in [2.24, 2.45) is 0 Å². The first-order valence-corrected chi connectivity index (χ1v) is 10.1. The molecule has 1 aromatic carbocycles. The molecule has 1 fully saturated rings. The zero-order valence-electron chi connectivity index (χ0n) is 12.9. The molecule has 1 aliphatic rings. The number of hydrazine groups is 1. The summed E-state index contributed by atoms with van der Waals surface area (Å²) in [7, 11) is -3.35. The lowest BCUT2D eigenvalue weighted by Crippen LogP contribution is -2.39. The van der Waals surface area contributed by atoms with Gasteiger partial charge in [0.25, 0.3) is 0 Å². The van der Waals surface area contributed by atoms with Crippen molar-refractivity contribution < 1.29 is 13.2 Å². The maximum Gasteiger partial charge on any atom is 0.242 e. The van der Waals surface area contributed by atoms with Gasteiger partial charge in [0.05, 0.1) is 18.0 Å². The van der Waals surface area contributed by atoms with Crippen molar-refractivity contribution in [2.75, 3.05) is 16.3 Å². The fourth-order valence-corrected chi connectivity index (χ4v) is 3.85. The monoisotopic (exact) mass is 366 g/mol. The summed E-state index contributed by atoms with van der Waals surface area (Å²) in [5.74, 6) is -0.168. The maximum atomic E-state index is 12.4. The van der Waals surface area contributed by atoms with Crippen molar-refractivity contribution in [3.8, 4) is 0 Å². The van der Waals surface area contributed by atoms with Gasteiger partial charge in [0, 0.05) is 10.6 Å². The Kier molecular flexibility index (Phi) is 4.86. The molecule has 1 amide bonds. The van der Waals surface area contributed by atoms with Gasteiger partial charge in [-0.1, -0.05) is 12.1 Å². The molecule has 4 N–H and O–H groups in total. The van der Waals surface area contributed by atoms with Gasteiger partial charge in [-0.2, -0.15) is 0 Å². The number of nitrogens with one attached hydrogen (secondary N) is 4. The average molecular weight is 366 g/mol. The summed E-state index contributed by atoms with van der Waals surface area (Å²) >= 11 is 1.65. The van der Waals surface area contributed by atoms with E-state index in [1.54, 1.807) is 35.6 Å². The Morgan fingerprint density at radius 2 is 2.00 bits per heavy atom. The number of anilines is 2. The lowest BCUT2D eigenvalue weighted by Gasteiger charge is -2.12. The number of carbonyl (C=O) groups excluding carboxylic acids is 1. The molecule has 0 spiro atoms. The minimum Gasteiger partial charge on any atom is -0.325 e. The minimum atomic E-state index is -3.35. The fourth-order valence-electron chi connectivity index (χ4n) is 2.51. The molecule has 1 saturated heterocycles. The zero-order chi connectivity index (χ0) is 17.2. The van der Waals surface area contributed by atoms with Crippen LogP contribution in [0.25, 0.3) is 0 Å². The van der Waals surface area contributed by atoms with E-state index >= 15 is 0 Å². The first kappa shape index (κ1) is 16.9. The second kappa shape index (κ2) is 6.89. The van der Waals surface area contributed by atoms with E-state index in [0.717, 1.165) is 6.26 Å². The number of hydrogen-bond acceptors (Lipinski definition) is 6. The van der Waals surface area contributed by atoms with Crippen LogP contribution in [-0.2, 0) is 14.8 Å². The highest BCUT2D eigenvalue weighted by Gasteiger charge is 2.30. The molecule has 1 aliphatic heterocycles. The molecule has 0 aliphatic carbocycles. The Morgan fingerprint density at radius 3 is 2.71 bits per heavy atom. The van der Waals surface area contributed by atoms with Crippen LogP contribution in [0.2, 0.25) is 0 Å². The second-order valence-corrected chi connectivity index (χ2v) is 8.32. The van der Waals surface area contributed by atoms with E-state index in [-0.39, 0.29) is 18.0 Å². The number of hydrogen-bond donors (Lipinski definition) is 4. The molecule has 3 rings (SSSR count). The predicted octanol–water partition coefficient (Wildman–Crippen LogP) is 1.67. The summed E-state index contributed by atoms with van der Waals surface area (Å²) in [6.07, 6.45) is 1.73. The summed E-state index contributed by atoms with van der Waals surface area (Å²) in [4.78, 5) is 13.6. The van der Waals surface area contributed by atoms with E-state index in [1.807, 2.05) is 17.5 Å². The van der Waals surface area contributed by atoms with Crippen molar-refractivity contribution >= 4 is 38.6 Å². The van der Waals surface area contributed by atoms with Crippen LogP contribution in [0, 0.1) is 0 Å². The molecule has 2 heterocycles. The summed E-state index contributed by atoms with van der Waals surface area (Å²) in [6, 6.07) is 10.4. The van der Waals surface area contributed by atoms with Crippen LogP contribution in [0.1, 0.15) is 17.3 Å². The van der Waals surface area contributed by atoms with E-state index in [9.17, 15) is 13.2 Å². The molecule has 128 valence electrons. The van der Waals surface area contributed by atoms with Gasteiger partial charge in [0.2, 0.25) is 15.9 Å². The van der Waals surface area contributed by atoms with E-state index < -0.39 is 10.0 Å². The summed E-state index contributed by atoms with van der Waals surface area (Å²) < 4.78 is 24.9. The Hall–Kier alpha value is -1.94. The summed E-state index contributed by atoms with van der Waals surface area (Å²) in [5.41, 5.74) is 7.07. The van der Waals surface area contributed by atoms with Crippen molar-refractivity contribution in [3.63, 3.8) is 0 Å². The van der Waals surface area contributed by atoms with E-state index in [4.69, 9.17) is 0 Å². The highest BCUT2D eigenvalue weighted by molar-refractivity contribution is 7.92. The van der Waals surface area contributed by atoms with E-state index in [0.29, 0.717) is 17.8 Å². The Labute approximate surface area is 144 Å². The Balaban J connectivity index is 1.62. The summed E-state index contributed by atoms with van der Waals surface area (Å²) in [5, 5.41) is 4.81. The molecule has 1 aromatic heterocycles. The molecule has 2 aromatic rings. The minimum absolute atomic E-state index is 0.110. The van der Waals surface area contributed by atoms with Crippen LogP contribution in [0.3, 0.4) is 0 Å². The third kappa shape index (κ3) is 4.32. The number of sulfonamides is 1. The molecule has 2 unspecified atom stereocenters. The largest absolute Gasteiger partial charge is 0.325 e. The number of carbonyl (C=O) groups is 1. The Morgan fingerprint density at radius 1 is 1.21 bits per heavy atom. The number of benzene rings is 1.